The van der Waals surface area contributed by atoms with Crippen LogP contribution in [0.25, 0.3) is 0 Å². The van der Waals surface area contributed by atoms with Crippen LogP contribution >= 0.6 is 11.3 Å². The highest BCUT2D eigenvalue weighted by Gasteiger charge is 2.32. The number of carbonyl (C=O) groups is 2. The Balaban J connectivity index is 1.06. The fourth-order valence-corrected chi connectivity index (χ4v) is 7.00. The van der Waals surface area contributed by atoms with E-state index in [-0.39, 0.29) is 24.3 Å². The van der Waals surface area contributed by atoms with Gasteiger partial charge in [0.2, 0.25) is 0 Å². The molecule has 1 aromatic heterocycles. The first-order valence-corrected chi connectivity index (χ1v) is 14.5. The summed E-state index contributed by atoms with van der Waals surface area (Å²) >= 11 is 1.44. The molecule has 5 rings (SSSR count). The molecule has 0 radical (unpaired) electrons. The molecule has 206 valence electrons. The number of alkyl halides is 3. The topological polar surface area (TPSA) is 65.5 Å². The molecule has 3 heterocycles. The van der Waals surface area contributed by atoms with E-state index in [1.807, 2.05) is 13.0 Å². The molecule has 1 saturated carbocycles. The van der Waals surface area contributed by atoms with Crippen molar-refractivity contribution in [3.05, 3.63) is 50.5 Å². The summed E-state index contributed by atoms with van der Waals surface area (Å²) in [6, 6.07) is 5.56. The molecular weight excluding hydrogens is 513 g/mol. The van der Waals surface area contributed by atoms with Gasteiger partial charge < -0.3 is 10.2 Å². The average molecular weight is 549 g/mol. The lowest BCUT2D eigenvalue weighted by atomic mass is 9.83. The molecule has 1 N–H and O–H groups in total. The second-order valence-corrected chi connectivity index (χ2v) is 11.9. The van der Waals surface area contributed by atoms with E-state index >= 15 is 0 Å². The lowest BCUT2D eigenvalue weighted by Crippen LogP contribution is -2.38. The van der Waals surface area contributed by atoms with Crippen molar-refractivity contribution in [1.29, 1.82) is 0 Å². The first kappa shape index (κ1) is 27.1. The lowest BCUT2D eigenvalue weighted by molar-refractivity contribution is -0.134. The molecule has 38 heavy (non-hydrogen) atoms. The molecule has 6 nitrogen and oxygen atoms in total. The predicted octanol–water partition coefficient (Wildman–Crippen LogP) is 5.35. The van der Waals surface area contributed by atoms with Gasteiger partial charge in [0.15, 0.2) is 0 Å². The number of hydrogen-bond donors (Lipinski definition) is 1. The van der Waals surface area contributed by atoms with Gasteiger partial charge in [-0.1, -0.05) is 6.07 Å². The smallest absolute Gasteiger partial charge is 0.349 e. The van der Waals surface area contributed by atoms with Crippen molar-refractivity contribution >= 4 is 23.2 Å². The number of nitrogens with one attached hydrogen (secondary N) is 1. The fraction of sp³-hybridized carbons (Fsp3) is 0.607. The predicted molar refractivity (Wildman–Crippen MR) is 140 cm³/mol. The molecule has 10 heteroatoms. The van der Waals surface area contributed by atoms with Crippen LogP contribution < -0.4 is 5.32 Å². The second-order valence-electron chi connectivity index (χ2n) is 10.7. The summed E-state index contributed by atoms with van der Waals surface area (Å²) in [6.07, 6.45) is 1.01. The molecule has 2 aromatic rings. The van der Waals surface area contributed by atoms with Crippen LogP contribution in [-0.2, 0) is 25.9 Å². The first-order chi connectivity index (χ1) is 18.2. The highest BCUT2D eigenvalue weighted by molar-refractivity contribution is 7.11. The molecule has 0 saturated heterocycles. The summed E-state index contributed by atoms with van der Waals surface area (Å²) in [4.78, 5) is 35.3. The van der Waals surface area contributed by atoms with Gasteiger partial charge in [0.25, 0.3) is 11.8 Å². The van der Waals surface area contributed by atoms with Gasteiger partial charge in [-0.05, 0) is 75.6 Å². The number of benzene rings is 1. The van der Waals surface area contributed by atoms with E-state index in [1.54, 1.807) is 17.0 Å². The van der Waals surface area contributed by atoms with Crippen molar-refractivity contribution in [2.24, 2.45) is 5.92 Å². The maximum atomic E-state index is 13.1. The molecule has 3 aliphatic rings. The molecule has 0 spiro atoms. The number of hydrogen-bond acceptors (Lipinski definition) is 5. The number of carbonyl (C=O) groups excluding carboxylic acids is 2. The third kappa shape index (κ3) is 6.22. The van der Waals surface area contributed by atoms with Gasteiger partial charge in [-0.15, -0.1) is 11.3 Å². The molecule has 0 unspecified atom stereocenters. The zero-order valence-corrected chi connectivity index (χ0v) is 22.6. The number of rotatable bonds is 8. The molecule has 2 aliphatic heterocycles. The maximum Gasteiger partial charge on any atom is 0.389 e. The number of fused-ring (bicyclic) bond motifs is 2. The van der Waals surface area contributed by atoms with Crippen LogP contribution in [0, 0.1) is 5.92 Å². The summed E-state index contributed by atoms with van der Waals surface area (Å²) in [5, 5.41) is 3.82. The molecule has 1 aliphatic carbocycles. The van der Waals surface area contributed by atoms with Crippen LogP contribution in [0.3, 0.4) is 0 Å². The van der Waals surface area contributed by atoms with Crippen molar-refractivity contribution in [1.82, 2.24) is 20.1 Å². The van der Waals surface area contributed by atoms with Crippen LogP contribution in [0.2, 0.25) is 0 Å². The van der Waals surface area contributed by atoms with Crippen LogP contribution in [0.4, 0.5) is 13.2 Å². The van der Waals surface area contributed by atoms with Gasteiger partial charge in [-0.2, -0.15) is 13.2 Å². The Labute approximate surface area is 225 Å². The minimum absolute atomic E-state index is 0.000684. The van der Waals surface area contributed by atoms with Crippen LogP contribution in [0.15, 0.2) is 18.2 Å². The average Bonchev–Trinajstić information content (AvgIpc) is 3.46. The summed E-state index contributed by atoms with van der Waals surface area (Å²) in [6.45, 7) is 5.69. The summed E-state index contributed by atoms with van der Waals surface area (Å²) in [7, 11) is 0. The van der Waals surface area contributed by atoms with Gasteiger partial charge in [-0.3, -0.25) is 14.5 Å². The quantitative estimate of drug-likeness (QED) is 0.483. The number of aryl methyl sites for hydroxylation is 1. The Morgan fingerprint density at radius 1 is 1.18 bits per heavy atom. The SMILES string of the molecule is CCN1Cc2c(C(=O)NC3CCC(CCN4CCc5sc(CCC(F)(F)F)nc5C4)CC3)cccc2C1=O. The first-order valence-electron chi connectivity index (χ1n) is 13.7. The minimum atomic E-state index is -4.14. The summed E-state index contributed by atoms with van der Waals surface area (Å²) < 4.78 is 37.6. The largest absolute Gasteiger partial charge is 0.389 e. The van der Waals surface area contributed by atoms with Crippen molar-refractivity contribution < 1.29 is 22.8 Å². The normalized spacial score (nSPS) is 21.9. The Morgan fingerprint density at radius 2 is 1.97 bits per heavy atom. The molecular formula is C28H35F3N4O2S. The van der Waals surface area contributed by atoms with Crippen molar-refractivity contribution in [2.75, 3.05) is 19.6 Å². The molecule has 2 amide bonds. The van der Waals surface area contributed by atoms with Crippen molar-refractivity contribution in [2.45, 2.75) is 83.6 Å². The Morgan fingerprint density at radius 3 is 2.71 bits per heavy atom. The number of halogens is 3. The fourth-order valence-electron chi connectivity index (χ4n) is 5.94. The van der Waals surface area contributed by atoms with Gasteiger partial charge in [0, 0.05) is 61.1 Å². The Hall–Kier alpha value is -2.46. The minimum Gasteiger partial charge on any atom is -0.349 e. The summed E-state index contributed by atoms with van der Waals surface area (Å²) in [5.74, 6) is 0.524. The zero-order valence-electron chi connectivity index (χ0n) is 21.8. The number of amides is 2. The van der Waals surface area contributed by atoms with Gasteiger partial charge in [0.05, 0.1) is 10.7 Å². The Bertz CT molecular complexity index is 1170. The van der Waals surface area contributed by atoms with Crippen molar-refractivity contribution in [3.63, 3.8) is 0 Å². The number of aromatic nitrogens is 1. The molecule has 0 atom stereocenters. The van der Waals surface area contributed by atoms with E-state index in [4.69, 9.17) is 0 Å². The van der Waals surface area contributed by atoms with E-state index in [9.17, 15) is 22.8 Å². The highest BCUT2D eigenvalue weighted by atomic mass is 32.1. The highest BCUT2D eigenvalue weighted by Crippen LogP contribution is 2.31. The van der Waals surface area contributed by atoms with E-state index in [0.717, 1.165) is 74.3 Å². The molecule has 0 bridgehead atoms. The molecule has 1 aromatic carbocycles. The maximum absolute atomic E-state index is 13.1. The zero-order chi connectivity index (χ0) is 26.9. The van der Waals surface area contributed by atoms with Crippen molar-refractivity contribution in [3.8, 4) is 0 Å². The number of thiazole rings is 1. The number of nitrogens with zero attached hydrogens (tertiary/aromatic N) is 3. The summed E-state index contributed by atoms with van der Waals surface area (Å²) in [5.41, 5.74) is 3.05. The van der Waals surface area contributed by atoms with E-state index < -0.39 is 12.6 Å². The van der Waals surface area contributed by atoms with Gasteiger partial charge in [-0.25, -0.2) is 4.98 Å². The lowest BCUT2D eigenvalue weighted by Gasteiger charge is -2.32. The third-order valence-electron chi connectivity index (χ3n) is 8.18. The standard InChI is InChI=1S/C28H35F3N4O2S/c1-2-35-16-22-20(4-3-5-21(22)27(35)37)26(36)32-19-8-6-18(7-9-19)11-14-34-15-12-24-23(17-34)33-25(38-24)10-13-28(29,30)31/h3-5,18-19H,2,6-17H2,1H3,(H,32,36). The molecule has 1 fully saturated rings. The van der Waals surface area contributed by atoms with Crippen LogP contribution in [0.5, 0.6) is 0 Å². The van der Waals surface area contributed by atoms with Gasteiger partial charge >= 0.3 is 6.18 Å². The third-order valence-corrected chi connectivity index (χ3v) is 9.40. The van der Waals surface area contributed by atoms with Crippen LogP contribution in [-0.4, -0.2) is 58.5 Å². The van der Waals surface area contributed by atoms with E-state index in [0.29, 0.717) is 35.1 Å². The second kappa shape index (κ2) is 11.3. The van der Waals surface area contributed by atoms with E-state index in [2.05, 4.69) is 15.2 Å². The Kier molecular flexibility index (Phi) is 8.09. The van der Waals surface area contributed by atoms with Crippen LogP contribution in [0.1, 0.15) is 87.3 Å². The monoisotopic (exact) mass is 548 g/mol. The van der Waals surface area contributed by atoms with E-state index in [1.165, 1.54) is 11.3 Å². The van der Waals surface area contributed by atoms with Gasteiger partial charge in [0.1, 0.15) is 0 Å².